The molecule has 0 amide bonds. The van der Waals surface area contributed by atoms with Crippen LogP contribution in [0, 0.1) is 19.8 Å². The molecule has 1 saturated carbocycles. The molecular formula is C20H24N4O2. The van der Waals surface area contributed by atoms with E-state index in [4.69, 9.17) is 0 Å². The summed E-state index contributed by atoms with van der Waals surface area (Å²) in [5.74, 6) is 0.480. The Bertz CT molecular complexity index is 1050. The summed E-state index contributed by atoms with van der Waals surface area (Å²) in [6.45, 7) is 4.61. The third-order valence-corrected chi connectivity index (χ3v) is 5.29. The SMILES string of the molecule is Cc1cc(C)cc(-n2ccn3c(=O)n(CC4CCCCC4)nc3c2=O)c1. The van der Waals surface area contributed by atoms with E-state index in [2.05, 4.69) is 11.2 Å². The first kappa shape index (κ1) is 16.8. The van der Waals surface area contributed by atoms with E-state index in [0.717, 1.165) is 29.7 Å². The highest BCUT2D eigenvalue weighted by atomic mass is 16.2. The number of nitrogens with zero attached hydrogens (tertiary/aromatic N) is 4. The number of aromatic nitrogens is 4. The lowest BCUT2D eigenvalue weighted by molar-refractivity contribution is 0.304. The first-order valence-electron chi connectivity index (χ1n) is 9.32. The molecule has 26 heavy (non-hydrogen) atoms. The predicted octanol–water partition coefficient (Wildman–Crippen LogP) is 2.84. The average Bonchev–Trinajstić information content (AvgIpc) is 2.92. The van der Waals surface area contributed by atoms with Crippen LogP contribution >= 0.6 is 0 Å². The van der Waals surface area contributed by atoms with Gasteiger partial charge in [0.15, 0.2) is 0 Å². The van der Waals surface area contributed by atoms with Gasteiger partial charge in [-0.15, -0.1) is 5.10 Å². The van der Waals surface area contributed by atoms with E-state index in [1.165, 1.54) is 28.3 Å². The Morgan fingerprint density at radius 2 is 1.69 bits per heavy atom. The second-order valence-electron chi connectivity index (χ2n) is 7.48. The van der Waals surface area contributed by atoms with Gasteiger partial charge in [0, 0.05) is 24.6 Å². The minimum Gasteiger partial charge on any atom is -0.280 e. The zero-order valence-electron chi connectivity index (χ0n) is 15.3. The van der Waals surface area contributed by atoms with Gasteiger partial charge in [-0.05, 0) is 55.9 Å². The minimum absolute atomic E-state index is 0.187. The van der Waals surface area contributed by atoms with Crippen LogP contribution in [0.15, 0.2) is 40.2 Å². The molecule has 0 spiro atoms. The Hall–Kier alpha value is -2.63. The Balaban J connectivity index is 1.78. The molecule has 0 radical (unpaired) electrons. The van der Waals surface area contributed by atoms with Gasteiger partial charge >= 0.3 is 11.2 Å². The molecule has 0 saturated heterocycles. The van der Waals surface area contributed by atoms with Crippen molar-refractivity contribution in [2.45, 2.75) is 52.5 Å². The minimum atomic E-state index is -0.267. The van der Waals surface area contributed by atoms with Gasteiger partial charge < -0.3 is 0 Å². The number of hydrogen-bond acceptors (Lipinski definition) is 3. The quantitative estimate of drug-likeness (QED) is 0.728. The second kappa shape index (κ2) is 6.59. The summed E-state index contributed by atoms with van der Waals surface area (Å²) in [5, 5.41) is 4.37. The highest BCUT2D eigenvalue weighted by molar-refractivity contribution is 5.43. The van der Waals surface area contributed by atoms with Crippen LogP contribution in [0.25, 0.3) is 11.3 Å². The van der Waals surface area contributed by atoms with E-state index >= 15 is 0 Å². The molecule has 0 bridgehead atoms. The van der Waals surface area contributed by atoms with Crippen LogP contribution in [-0.4, -0.2) is 18.7 Å². The van der Waals surface area contributed by atoms with E-state index in [1.54, 1.807) is 17.0 Å². The number of benzene rings is 1. The summed E-state index contributed by atoms with van der Waals surface area (Å²) in [6, 6.07) is 5.99. The molecule has 0 atom stereocenters. The molecule has 2 aromatic heterocycles. The molecule has 1 aliphatic carbocycles. The smallest absolute Gasteiger partial charge is 0.280 e. The number of fused-ring (bicyclic) bond motifs is 1. The first-order chi connectivity index (χ1) is 12.5. The van der Waals surface area contributed by atoms with E-state index in [9.17, 15) is 9.59 Å². The summed E-state index contributed by atoms with van der Waals surface area (Å²) < 4.78 is 4.40. The molecule has 1 aliphatic rings. The topological polar surface area (TPSA) is 61.3 Å². The maximum atomic E-state index is 12.9. The van der Waals surface area contributed by atoms with E-state index < -0.39 is 0 Å². The highest BCUT2D eigenvalue weighted by Crippen LogP contribution is 2.24. The zero-order chi connectivity index (χ0) is 18.3. The van der Waals surface area contributed by atoms with Crippen LogP contribution in [0.3, 0.4) is 0 Å². The van der Waals surface area contributed by atoms with Crippen molar-refractivity contribution in [2.24, 2.45) is 5.92 Å². The largest absolute Gasteiger partial charge is 0.350 e. The summed E-state index contributed by atoms with van der Waals surface area (Å²) in [6.07, 6.45) is 9.26. The van der Waals surface area contributed by atoms with Crippen molar-refractivity contribution in [1.82, 2.24) is 18.7 Å². The van der Waals surface area contributed by atoms with Crippen LogP contribution in [-0.2, 0) is 6.54 Å². The third-order valence-electron chi connectivity index (χ3n) is 5.29. The molecular weight excluding hydrogens is 328 g/mol. The van der Waals surface area contributed by atoms with Crippen LogP contribution in [0.2, 0.25) is 0 Å². The molecule has 1 fully saturated rings. The highest BCUT2D eigenvalue weighted by Gasteiger charge is 2.18. The van der Waals surface area contributed by atoms with Crippen LogP contribution in [0.5, 0.6) is 0 Å². The van der Waals surface area contributed by atoms with Gasteiger partial charge in [-0.2, -0.15) is 0 Å². The third kappa shape index (κ3) is 3.00. The van der Waals surface area contributed by atoms with Gasteiger partial charge in [0.05, 0.1) is 0 Å². The maximum Gasteiger partial charge on any atom is 0.350 e. The fraction of sp³-hybridized carbons (Fsp3) is 0.450. The standard InChI is InChI=1S/C20H24N4O2/c1-14-10-15(2)12-17(11-14)22-8-9-23-18(19(22)25)21-24(20(23)26)13-16-6-4-3-5-7-16/h8-12,16H,3-7,13H2,1-2H3. The number of hydrogen-bond donors (Lipinski definition) is 0. The van der Waals surface area contributed by atoms with Crippen LogP contribution in [0.4, 0.5) is 0 Å². The van der Waals surface area contributed by atoms with Crippen molar-refractivity contribution in [3.05, 3.63) is 62.6 Å². The molecule has 2 heterocycles. The maximum absolute atomic E-state index is 12.9. The summed E-state index contributed by atoms with van der Waals surface area (Å²) >= 11 is 0. The van der Waals surface area contributed by atoms with Gasteiger partial charge in [0.1, 0.15) is 0 Å². The lowest BCUT2D eigenvalue weighted by atomic mass is 9.89. The Kier molecular flexibility index (Phi) is 4.26. The summed E-state index contributed by atoms with van der Waals surface area (Å²) in [5.41, 5.74) is 2.67. The Labute approximate surface area is 151 Å². The molecule has 6 nitrogen and oxygen atoms in total. The molecule has 4 rings (SSSR count). The summed E-state index contributed by atoms with van der Waals surface area (Å²) in [7, 11) is 0. The monoisotopic (exact) mass is 352 g/mol. The average molecular weight is 352 g/mol. The van der Waals surface area contributed by atoms with Crippen molar-refractivity contribution in [1.29, 1.82) is 0 Å². The lowest BCUT2D eigenvalue weighted by Gasteiger charge is -2.20. The van der Waals surface area contributed by atoms with Gasteiger partial charge in [-0.3, -0.25) is 9.36 Å². The van der Waals surface area contributed by atoms with Crippen molar-refractivity contribution in [3.63, 3.8) is 0 Å². The molecule has 1 aromatic carbocycles. The predicted molar refractivity (Wildman–Crippen MR) is 101 cm³/mol. The number of rotatable bonds is 3. The fourth-order valence-corrected chi connectivity index (χ4v) is 4.04. The van der Waals surface area contributed by atoms with Gasteiger partial charge in [-0.1, -0.05) is 25.3 Å². The Morgan fingerprint density at radius 3 is 2.38 bits per heavy atom. The first-order valence-corrected chi connectivity index (χ1v) is 9.32. The second-order valence-corrected chi connectivity index (χ2v) is 7.48. The van der Waals surface area contributed by atoms with Crippen LogP contribution < -0.4 is 11.2 Å². The molecule has 0 aliphatic heterocycles. The lowest BCUT2D eigenvalue weighted by Crippen LogP contribution is -2.26. The van der Waals surface area contributed by atoms with E-state index in [1.807, 2.05) is 26.0 Å². The van der Waals surface area contributed by atoms with Gasteiger partial charge in [0.2, 0.25) is 5.65 Å². The Morgan fingerprint density at radius 1 is 1.00 bits per heavy atom. The molecule has 6 heteroatoms. The number of aryl methyl sites for hydroxylation is 2. The molecule has 3 aromatic rings. The normalized spacial score (nSPS) is 15.6. The van der Waals surface area contributed by atoms with Crippen LogP contribution in [0.1, 0.15) is 43.2 Å². The fourth-order valence-electron chi connectivity index (χ4n) is 4.04. The summed E-state index contributed by atoms with van der Waals surface area (Å²) in [4.78, 5) is 25.6. The van der Waals surface area contributed by atoms with Gasteiger partial charge in [-0.25, -0.2) is 13.9 Å². The van der Waals surface area contributed by atoms with E-state index in [0.29, 0.717) is 12.5 Å². The molecule has 0 unspecified atom stereocenters. The molecule has 136 valence electrons. The van der Waals surface area contributed by atoms with Crippen molar-refractivity contribution < 1.29 is 0 Å². The van der Waals surface area contributed by atoms with Crippen molar-refractivity contribution in [2.75, 3.05) is 0 Å². The van der Waals surface area contributed by atoms with E-state index in [-0.39, 0.29) is 16.9 Å². The zero-order valence-corrected chi connectivity index (χ0v) is 15.3. The molecule has 0 N–H and O–H groups in total. The van der Waals surface area contributed by atoms with Crippen molar-refractivity contribution >= 4 is 5.65 Å². The van der Waals surface area contributed by atoms with Crippen molar-refractivity contribution in [3.8, 4) is 5.69 Å². The van der Waals surface area contributed by atoms with Gasteiger partial charge in [0.25, 0.3) is 0 Å².